The summed E-state index contributed by atoms with van der Waals surface area (Å²) >= 11 is 0. The van der Waals surface area contributed by atoms with Gasteiger partial charge in [0, 0.05) is 57.1 Å². The smallest absolute Gasteiger partial charge is 0.248 e. The highest BCUT2D eigenvalue weighted by atomic mass is 19.3. The summed E-state index contributed by atoms with van der Waals surface area (Å²) < 4.78 is 39.0. The number of amides is 2. The average molecular weight is 521 g/mol. The third-order valence-electron chi connectivity index (χ3n) is 8.50. The molecule has 1 saturated carbocycles. The number of hydrogen-bond donors (Lipinski definition) is 2. The number of carbonyl (C=O) groups is 2. The molecule has 2 amide bonds. The van der Waals surface area contributed by atoms with Crippen molar-refractivity contribution in [3.63, 3.8) is 0 Å². The zero-order valence-electron chi connectivity index (χ0n) is 21.4. The monoisotopic (exact) mass is 520 g/mol. The van der Waals surface area contributed by atoms with Crippen molar-refractivity contribution in [1.29, 1.82) is 0 Å². The highest BCUT2D eigenvalue weighted by Crippen LogP contribution is 2.38. The number of halogens is 2. The van der Waals surface area contributed by atoms with Crippen molar-refractivity contribution in [2.24, 2.45) is 11.7 Å². The highest BCUT2D eigenvalue weighted by molar-refractivity contribution is 5.90. The van der Waals surface area contributed by atoms with Crippen LogP contribution >= 0.6 is 0 Å². The van der Waals surface area contributed by atoms with Gasteiger partial charge < -0.3 is 25.4 Å². The molecule has 3 fully saturated rings. The molecule has 3 N–H and O–H groups in total. The molecule has 1 aliphatic carbocycles. The number of alkyl halides is 2. The second-order valence-electron chi connectivity index (χ2n) is 10.9. The van der Waals surface area contributed by atoms with Crippen molar-refractivity contribution in [2.45, 2.75) is 81.6 Å². The van der Waals surface area contributed by atoms with E-state index in [1.54, 1.807) is 4.90 Å². The number of fused-ring (bicyclic) bond motifs is 2. The maximum atomic E-state index is 13.7. The Kier molecular flexibility index (Phi) is 7.70. The second-order valence-corrected chi connectivity index (χ2v) is 10.9. The minimum absolute atomic E-state index is 0.0605. The van der Waals surface area contributed by atoms with Gasteiger partial charge in [0.15, 0.2) is 0 Å². The lowest BCUT2D eigenvalue weighted by Gasteiger charge is -2.45. The molecule has 0 aromatic heterocycles. The van der Waals surface area contributed by atoms with Crippen LogP contribution in [-0.4, -0.2) is 84.6 Å². The lowest BCUT2D eigenvalue weighted by atomic mass is 9.81. The molecule has 10 heteroatoms. The third kappa shape index (κ3) is 5.61. The summed E-state index contributed by atoms with van der Waals surface area (Å²) in [5.41, 5.74) is 7.33. The van der Waals surface area contributed by atoms with Crippen molar-refractivity contribution in [1.82, 2.24) is 15.1 Å². The Hall–Kier alpha value is -2.30. The van der Waals surface area contributed by atoms with Crippen LogP contribution in [0.5, 0.6) is 5.75 Å². The van der Waals surface area contributed by atoms with Gasteiger partial charge in [-0.2, -0.15) is 0 Å². The first-order chi connectivity index (χ1) is 17.8. The Balaban J connectivity index is 1.33. The maximum Gasteiger partial charge on any atom is 0.248 e. The maximum absolute atomic E-state index is 13.7. The summed E-state index contributed by atoms with van der Waals surface area (Å²) in [6, 6.07) is 5.91. The molecule has 5 rings (SSSR count). The minimum atomic E-state index is -2.69. The topological polar surface area (TPSA) is 97.1 Å². The fraction of sp³-hybridized carbons (Fsp3) is 0.704. The normalized spacial score (nSPS) is 30.6. The van der Waals surface area contributed by atoms with Gasteiger partial charge >= 0.3 is 0 Å². The molecule has 1 aromatic carbocycles. The lowest BCUT2D eigenvalue weighted by molar-refractivity contribution is -0.148. The molecular formula is C27H38F2N4O4. The molecule has 4 aliphatic rings. The number of rotatable bonds is 6. The standard InChI is InChI=1S/C27H38F2N4O4/c1-2-36-19-13-18-14-33(26(35)24(30)17-7-10-27(28,29)11-8-17)22(16-32(18)15-19)25(34)31-21-9-12-37-23-6-4-3-5-20(21)23/h3-6,17-19,21-22,24H,2,7-16,30H2,1H3,(H,31,34)/t18-,19?,21-,22?,24+/m1/s1. The first-order valence-corrected chi connectivity index (χ1v) is 13.6. The Morgan fingerprint density at radius 2 is 1.95 bits per heavy atom. The zero-order valence-corrected chi connectivity index (χ0v) is 21.4. The summed E-state index contributed by atoms with van der Waals surface area (Å²) in [5.74, 6) is -2.79. The number of nitrogens with two attached hydrogens (primary N) is 1. The number of nitrogens with one attached hydrogen (secondary N) is 1. The van der Waals surface area contributed by atoms with Gasteiger partial charge in [-0.3, -0.25) is 14.5 Å². The molecule has 204 valence electrons. The number of ether oxygens (including phenoxy) is 2. The van der Waals surface area contributed by atoms with Gasteiger partial charge in [0.05, 0.1) is 24.8 Å². The van der Waals surface area contributed by atoms with Crippen LogP contribution in [0.15, 0.2) is 24.3 Å². The number of benzene rings is 1. The van der Waals surface area contributed by atoms with E-state index >= 15 is 0 Å². The van der Waals surface area contributed by atoms with E-state index in [0.717, 1.165) is 17.7 Å². The van der Waals surface area contributed by atoms with Crippen LogP contribution in [-0.2, 0) is 14.3 Å². The SMILES string of the molecule is CCOC1C[C@@H]2CN(C(=O)[C@@H](N)C3CCC(F)(F)CC3)C(C(=O)N[C@@H]3CCOc4ccccc43)CN2C1. The number of para-hydroxylation sites is 1. The van der Waals surface area contributed by atoms with Crippen molar-refractivity contribution < 1.29 is 27.8 Å². The van der Waals surface area contributed by atoms with Crippen molar-refractivity contribution in [3.05, 3.63) is 29.8 Å². The fourth-order valence-electron chi connectivity index (χ4n) is 6.43. The van der Waals surface area contributed by atoms with Crippen molar-refractivity contribution >= 4 is 11.8 Å². The van der Waals surface area contributed by atoms with Gasteiger partial charge in [0.25, 0.3) is 0 Å². The Morgan fingerprint density at radius 3 is 2.70 bits per heavy atom. The third-order valence-corrected chi connectivity index (χ3v) is 8.50. The van der Waals surface area contributed by atoms with Crippen molar-refractivity contribution in [3.8, 4) is 5.75 Å². The number of piperazine rings is 1. The first-order valence-electron chi connectivity index (χ1n) is 13.6. The average Bonchev–Trinajstić information content (AvgIpc) is 3.29. The van der Waals surface area contributed by atoms with Gasteiger partial charge in [-0.05, 0) is 38.2 Å². The zero-order chi connectivity index (χ0) is 26.2. The summed E-state index contributed by atoms with van der Waals surface area (Å²) in [6.45, 7) is 4.55. The van der Waals surface area contributed by atoms with Crippen LogP contribution in [0.2, 0.25) is 0 Å². The van der Waals surface area contributed by atoms with E-state index in [2.05, 4.69) is 10.2 Å². The number of carbonyl (C=O) groups excluding carboxylic acids is 2. The van der Waals surface area contributed by atoms with Crippen molar-refractivity contribution in [2.75, 3.05) is 32.8 Å². The first kappa shape index (κ1) is 26.3. The van der Waals surface area contributed by atoms with E-state index in [0.29, 0.717) is 39.3 Å². The summed E-state index contributed by atoms with van der Waals surface area (Å²) in [5, 5.41) is 3.16. The quantitative estimate of drug-likeness (QED) is 0.598. The van der Waals surface area contributed by atoms with E-state index in [1.165, 1.54) is 0 Å². The van der Waals surface area contributed by atoms with Crippen LogP contribution in [0.3, 0.4) is 0 Å². The molecule has 5 atom stereocenters. The Labute approximate surface area is 216 Å². The molecule has 0 spiro atoms. The van der Waals surface area contributed by atoms with Gasteiger partial charge in [-0.1, -0.05) is 18.2 Å². The minimum Gasteiger partial charge on any atom is -0.493 e. The summed E-state index contributed by atoms with van der Waals surface area (Å²) in [4.78, 5) is 31.3. The lowest BCUT2D eigenvalue weighted by Crippen LogP contribution is -2.65. The van der Waals surface area contributed by atoms with E-state index in [4.69, 9.17) is 15.2 Å². The Bertz CT molecular complexity index is 985. The molecule has 37 heavy (non-hydrogen) atoms. The van der Waals surface area contributed by atoms with E-state index < -0.39 is 18.0 Å². The summed E-state index contributed by atoms with van der Waals surface area (Å²) in [7, 11) is 0. The van der Waals surface area contributed by atoms with Gasteiger partial charge in [0.1, 0.15) is 11.8 Å². The van der Waals surface area contributed by atoms with Crippen LogP contribution in [0.4, 0.5) is 8.78 Å². The molecule has 1 aromatic rings. The fourth-order valence-corrected chi connectivity index (χ4v) is 6.43. The predicted octanol–water partition coefficient (Wildman–Crippen LogP) is 2.47. The molecule has 3 heterocycles. The van der Waals surface area contributed by atoms with E-state index in [1.807, 2.05) is 31.2 Å². The van der Waals surface area contributed by atoms with Crippen LogP contribution in [0.1, 0.15) is 57.1 Å². The largest absolute Gasteiger partial charge is 0.493 e. The van der Waals surface area contributed by atoms with E-state index in [9.17, 15) is 18.4 Å². The Morgan fingerprint density at radius 1 is 1.19 bits per heavy atom. The second kappa shape index (κ2) is 10.8. The molecule has 2 saturated heterocycles. The highest BCUT2D eigenvalue weighted by Gasteiger charge is 2.47. The molecule has 8 nitrogen and oxygen atoms in total. The van der Waals surface area contributed by atoms with Crippen LogP contribution < -0.4 is 15.8 Å². The van der Waals surface area contributed by atoms with Gasteiger partial charge in [-0.25, -0.2) is 8.78 Å². The molecule has 0 bridgehead atoms. The van der Waals surface area contributed by atoms with Crippen LogP contribution in [0.25, 0.3) is 0 Å². The van der Waals surface area contributed by atoms with Gasteiger partial charge in [-0.15, -0.1) is 0 Å². The van der Waals surface area contributed by atoms with Gasteiger partial charge in [0.2, 0.25) is 17.7 Å². The van der Waals surface area contributed by atoms with E-state index in [-0.39, 0.29) is 61.6 Å². The molecule has 0 radical (unpaired) electrons. The molecular weight excluding hydrogens is 482 g/mol. The number of nitrogens with zero attached hydrogens (tertiary/aromatic N) is 2. The molecule has 2 unspecified atom stereocenters. The predicted molar refractivity (Wildman–Crippen MR) is 133 cm³/mol. The summed E-state index contributed by atoms with van der Waals surface area (Å²) in [6.07, 6.45) is 1.40. The number of hydrogen-bond acceptors (Lipinski definition) is 6. The molecule has 3 aliphatic heterocycles. The van der Waals surface area contributed by atoms with Crippen LogP contribution in [0, 0.1) is 5.92 Å².